The molecule has 0 aromatic heterocycles. The highest BCUT2D eigenvalue weighted by Gasteiger charge is 1.68. The van der Waals surface area contributed by atoms with Crippen molar-refractivity contribution in [2.75, 3.05) is 0 Å². The van der Waals surface area contributed by atoms with Crippen LogP contribution in [0, 0.1) is 0 Å². The van der Waals surface area contributed by atoms with Crippen LogP contribution in [-0.2, 0) is 0 Å². The summed E-state index contributed by atoms with van der Waals surface area (Å²) in [6.07, 6.45) is 4.08. The van der Waals surface area contributed by atoms with E-state index in [0.717, 1.165) is 0 Å². The lowest BCUT2D eigenvalue weighted by atomic mass is 10.3. The smallest absolute Gasteiger partial charge is 0.0538 e. The summed E-state index contributed by atoms with van der Waals surface area (Å²) in [7, 11) is 0. The number of hydrogen-bond donors (Lipinski definition) is 0. The van der Waals surface area contributed by atoms with Gasteiger partial charge in [-0.25, -0.2) is 0 Å². The van der Waals surface area contributed by atoms with Gasteiger partial charge in [-0.05, 0) is 0 Å². The first-order valence-corrected chi connectivity index (χ1v) is 4.41. The zero-order valence-corrected chi connectivity index (χ0v) is 9.78. The van der Waals surface area contributed by atoms with Gasteiger partial charge in [0.05, 0.1) is 0 Å². The first kappa shape index (κ1) is 29.7. The van der Waals surface area contributed by atoms with Crippen LogP contribution in [0.25, 0.3) is 0 Å². The van der Waals surface area contributed by atoms with E-state index in [4.69, 9.17) is 0 Å². The molecule has 0 heteroatoms. The summed E-state index contributed by atoms with van der Waals surface area (Å²) in [6.45, 7) is 28.4. The maximum absolute atomic E-state index is 3.00. The second kappa shape index (κ2) is 283. The molecule has 0 aliphatic rings. The molecule has 0 rings (SSSR count). The fraction of sp³-hybridized carbons (Fsp3) is 0.385. The highest BCUT2D eigenvalue weighted by atomic mass is 13.7. The molecule has 0 aromatic rings. The van der Waals surface area contributed by atoms with Crippen molar-refractivity contribution >= 4 is 0 Å². The van der Waals surface area contributed by atoms with Crippen molar-refractivity contribution in [2.45, 2.75) is 33.1 Å². The summed E-state index contributed by atoms with van der Waals surface area (Å²) < 4.78 is 0. The molecule has 0 saturated heterocycles. The predicted molar refractivity (Wildman–Crippen MR) is 70.2 cm³/mol. The van der Waals surface area contributed by atoms with Crippen LogP contribution in [0.4, 0.5) is 0 Å². The van der Waals surface area contributed by atoms with Gasteiger partial charge in [-0.1, -0.05) is 33.1 Å². The Morgan fingerprint density at radius 3 is 0.692 bits per heavy atom. The lowest BCUT2D eigenvalue weighted by molar-refractivity contribution is 0.772. The van der Waals surface area contributed by atoms with Crippen molar-refractivity contribution in [1.82, 2.24) is 0 Å². The zero-order valence-electron chi connectivity index (χ0n) is 9.78. The molecule has 0 nitrogen and oxygen atoms in total. The third-order valence-corrected chi connectivity index (χ3v) is 0.707. The van der Waals surface area contributed by atoms with Gasteiger partial charge >= 0.3 is 0 Å². The minimum atomic E-state index is 1.34. The fourth-order valence-electron chi connectivity index (χ4n) is 0.354. The van der Waals surface area contributed by atoms with Crippen LogP contribution in [0.5, 0.6) is 0 Å². The number of unbranched alkanes of at least 4 members (excludes halogenated alkanes) is 2. The first-order chi connectivity index (χ1) is 6.41. The molecule has 0 heterocycles. The number of hydrogen-bond acceptors (Lipinski definition) is 0. The third-order valence-electron chi connectivity index (χ3n) is 0.707. The third kappa shape index (κ3) is 955. The van der Waals surface area contributed by atoms with Crippen molar-refractivity contribution in [2.24, 2.45) is 0 Å². The standard InChI is InChI=1S/C5H12.4C2H4/c1-3-5-4-2;4*1-2/h3-5H2,1-2H3;4*1-2H2. The normalized spacial score (nSPS) is 4.46. The van der Waals surface area contributed by atoms with Gasteiger partial charge in [-0.3, -0.25) is 0 Å². The molecule has 0 atom stereocenters. The summed E-state index contributed by atoms with van der Waals surface area (Å²) in [5.74, 6) is 0. The molecule has 0 radical (unpaired) electrons. The SMILES string of the molecule is C=C.C=C.C=C.C=C.CCCCC. The lowest BCUT2D eigenvalue weighted by Crippen LogP contribution is -1.59. The van der Waals surface area contributed by atoms with E-state index in [0.29, 0.717) is 0 Å². The molecule has 0 fully saturated rings. The van der Waals surface area contributed by atoms with Crippen LogP contribution >= 0.6 is 0 Å². The Labute approximate surface area is 86.4 Å². The quantitative estimate of drug-likeness (QED) is 0.504. The molecular weight excluding hydrogens is 156 g/mol. The molecule has 0 spiro atoms. The van der Waals surface area contributed by atoms with E-state index < -0.39 is 0 Å². The second-order valence-electron chi connectivity index (χ2n) is 1.35. The van der Waals surface area contributed by atoms with Crippen LogP contribution in [0.2, 0.25) is 0 Å². The van der Waals surface area contributed by atoms with Crippen molar-refractivity contribution in [3.8, 4) is 0 Å². The monoisotopic (exact) mass is 184 g/mol. The average molecular weight is 184 g/mol. The van der Waals surface area contributed by atoms with Crippen LogP contribution in [0.3, 0.4) is 0 Å². The minimum absolute atomic E-state index is 1.34. The van der Waals surface area contributed by atoms with Crippen LogP contribution < -0.4 is 0 Å². The number of rotatable bonds is 2. The van der Waals surface area contributed by atoms with Crippen LogP contribution in [0.1, 0.15) is 33.1 Å². The van der Waals surface area contributed by atoms with E-state index >= 15 is 0 Å². The van der Waals surface area contributed by atoms with Gasteiger partial charge < -0.3 is 0 Å². The molecule has 0 aliphatic heterocycles. The van der Waals surface area contributed by atoms with Gasteiger partial charge in [-0.2, -0.15) is 0 Å². The highest BCUT2D eigenvalue weighted by Crippen LogP contribution is 1.88. The predicted octanol–water partition coefficient (Wildman–Crippen LogP) is 5.41. The van der Waals surface area contributed by atoms with Gasteiger partial charge in [0.25, 0.3) is 0 Å². The molecular formula is C13H28. The fourth-order valence-corrected chi connectivity index (χ4v) is 0.354. The summed E-state index contributed by atoms with van der Waals surface area (Å²) in [4.78, 5) is 0. The highest BCUT2D eigenvalue weighted by molar-refractivity contribution is 4.24. The summed E-state index contributed by atoms with van der Waals surface area (Å²) >= 11 is 0. The van der Waals surface area contributed by atoms with Crippen molar-refractivity contribution < 1.29 is 0 Å². The van der Waals surface area contributed by atoms with Crippen LogP contribution in [-0.4, -0.2) is 0 Å². The van der Waals surface area contributed by atoms with Gasteiger partial charge in [0.2, 0.25) is 0 Å². The molecule has 13 heavy (non-hydrogen) atoms. The molecule has 0 aliphatic carbocycles. The van der Waals surface area contributed by atoms with E-state index in [-0.39, 0.29) is 0 Å². The maximum atomic E-state index is 3.00. The molecule has 80 valence electrons. The van der Waals surface area contributed by atoms with E-state index in [2.05, 4.69) is 66.5 Å². The average Bonchev–Trinajstić information content (AvgIpc) is 2.30. The van der Waals surface area contributed by atoms with E-state index in [1.54, 1.807) is 0 Å². The molecule has 0 saturated carbocycles. The second-order valence-corrected chi connectivity index (χ2v) is 1.35. The molecule has 0 aromatic carbocycles. The van der Waals surface area contributed by atoms with E-state index in [1.807, 2.05) is 0 Å². The molecule has 0 unspecified atom stereocenters. The summed E-state index contributed by atoms with van der Waals surface area (Å²) in [5.41, 5.74) is 0. The summed E-state index contributed by atoms with van der Waals surface area (Å²) in [5, 5.41) is 0. The Morgan fingerprint density at radius 1 is 0.538 bits per heavy atom. The Morgan fingerprint density at radius 2 is 0.692 bits per heavy atom. The molecule has 0 bridgehead atoms. The Balaban J connectivity index is -0.0000000230. The first-order valence-electron chi connectivity index (χ1n) is 4.41. The van der Waals surface area contributed by atoms with E-state index in [1.165, 1.54) is 19.3 Å². The van der Waals surface area contributed by atoms with Crippen molar-refractivity contribution in [1.29, 1.82) is 0 Å². The topological polar surface area (TPSA) is 0 Å². The molecule has 0 N–H and O–H groups in total. The van der Waals surface area contributed by atoms with Crippen molar-refractivity contribution in [3.05, 3.63) is 52.6 Å². The molecule has 0 amide bonds. The van der Waals surface area contributed by atoms with Gasteiger partial charge in [-0.15, -0.1) is 52.6 Å². The van der Waals surface area contributed by atoms with Crippen LogP contribution in [0.15, 0.2) is 52.6 Å². The minimum Gasteiger partial charge on any atom is -0.106 e. The maximum Gasteiger partial charge on any atom is -0.0538 e. The lowest BCUT2D eigenvalue weighted by Gasteiger charge is -1.79. The Hall–Kier alpha value is -1.04. The van der Waals surface area contributed by atoms with E-state index in [9.17, 15) is 0 Å². The van der Waals surface area contributed by atoms with Gasteiger partial charge in [0.1, 0.15) is 0 Å². The zero-order chi connectivity index (χ0) is 12.1. The van der Waals surface area contributed by atoms with Gasteiger partial charge in [0, 0.05) is 0 Å². The largest absolute Gasteiger partial charge is 0.106 e. The van der Waals surface area contributed by atoms with Crippen molar-refractivity contribution in [3.63, 3.8) is 0 Å². The Bertz CT molecular complexity index is 29.3. The summed E-state index contributed by atoms with van der Waals surface area (Å²) in [6, 6.07) is 0. The van der Waals surface area contributed by atoms with Gasteiger partial charge in [0.15, 0.2) is 0 Å². The Kier molecular flexibility index (Phi) is 646.